The molecule has 0 bridgehead atoms. The number of aliphatic hydroxyl groups excluding tert-OH is 2. The van der Waals surface area contributed by atoms with Gasteiger partial charge in [-0.1, -0.05) is 68.8 Å². The number of para-hydroxylation sites is 2. The third-order valence-electron chi connectivity index (χ3n) is 16.8. The lowest BCUT2D eigenvalue weighted by atomic mass is 9.96. The minimum absolute atomic E-state index is 0.0911. The third kappa shape index (κ3) is 22.6. The Labute approximate surface area is 604 Å². The number of esters is 1. The number of aromatic amines is 2. The van der Waals surface area contributed by atoms with Crippen LogP contribution in [0.25, 0.3) is 27.9 Å². The maximum Gasteiger partial charge on any atom is 0.355 e. The molecule has 0 aliphatic carbocycles. The lowest BCUT2D eigenvalue weighted by Gasteiger charge is -2.29. The van der Waals surface area contributed by atoms with E-state index in [2.05, 4.69) is 47.2 Å². The zero-order chi connectivity index (χ0) is 78.7. The molecular weight excluding hydrogens is 1420 g/mol. The largest absolute Gasteiger partial charge is 0.508 e. The number of amides is 12. The molecule has 2 saturated heterocycles. The SMILES string of the molecule is CCCC1OC1C(=O)N[C@@H](CO)C(=O)NC1C(=O)NC(Cc2c[nH]c3ccccc23)C(=O)N[C@@H](CC(=O)O)C(=O)NC(CC(=O)O)C(=O)N[C@H](c2ccc(O)cc2)C(=O)N[C@@H](CC(=O)O)C(=O)NCC(=O)N[C@H]([C@H](O)C(N)=O)C(=O)NC([C@H](C)CC(=O)O)C(=O)N/C(=C/c2c[nH]c3ccccc23)C(=O)OC1C. The van der Waals surface area contributed by atoms with Gasteiger partial charge in [0, 0.05) is 46.2 Å². The van der Waals surface area contributed by atoms with Gasteiger partial charge in [0.1, 0.15) is 71.9 Å². The minimum atomic E-state index is -2.74. The summed E-state index contributed by atoms with van der Waals surface area (Å²) in [5.41, 5.74) is 5.33. The summed E-state index contributed by atoms with van der Waals surface area (Å²) >= 11 is 0. The second-order valence-corrected chi connectivity index (χ2v) is 24.9. The summed E-state index contributed by atoms with van der Waals surface area (Å²) in [6, 6.07) is -3.50. The summed E-state index contributed by atoms with van der Waals surface area (Å²) < 4.78 is 11.3. The molecule has 40 nitrogen and oxygen atoms in total. The van der Waals surface area contributed by atoms with Gasteiger partial charge in [-0.05, 0) is 60.7 Å². The Balaban J connectivity index is 1.39. The van der Waals surface area contributed by atoms with Crippen LogP contribution in [-0.2, 0) is 97.4 Å². The first kappa shape index (κ1) is 81.4. The molecule has 2 aliphatic heterocycles. The second-order valence-electron chi connectivity index (χ2n) is 24.9. The van der Waals surface area contributed by atoms with E-state index in [4.69, 9.17) is 15.2 Å². The molecule has 2 fully saturated rings. The van der Waals surface area contributed by atoms with Crippen molar-refractivity contribution in [1.29, 1.82) is 0 Å². The molecule has 107 heavy (non-hydrogen) atoms. The van der Waals surface area contributed by atoms with Crippen molar-refractivity contribution in [2.75, 3.05) is 13.2 Å². The summed E-state index contributed by atoms with van der Waals surface area (Å²) in [7, 11) is 0. The predicted molar refractivity (Wildman–Crippen MR) is 363 cm³/mol. The number of carboxylic acid groups (broad SMARTS) is 4. The maximum absolute atomic E-state index is 15.3. The molecule has 7 unspecified atom stereocenters. The number of aliphatic carboxylic acids is 4. The predicted octanol–water partition coefficient (Wildman–Crippen LogP) is -5.21. The molecule has 14 atom stereocenters. The van der Waals surface area contributed by atoms with Crippen LogP contribution >= 0.6 is 0 Å². The fraction of sp³-hybridized carbons (Fsp3) is 0.388. The number of aromatic nitrogens is 2. The van der Waals surface area contributed by atoms with Gasteiger partial charge >= 0.3 is 29.8 Å². The van der Waals surface area contributed by atoms with Crippen molar-refractivity contribution >= 4 is 129 Å². The van der Waals surface area contributed by atoms with Gasteiger partial charge in [0.2, 0.25) is 65.0 Å². The zero-order valence-corrected chi connectivity index (χ0v) is 57.1. The Bertz CT molecular complexity index is 4290. The number of carbonyl (C=O) groups is 17. The highest BCUT2D eigenvalue weighted by atomic mass is 16.6. The van der Waals surface area contributed by atoms with E-state index >= 15 is 14.4 Å². The number of cyclic esters (lactones) is 1. The standard InChI is InChI=1S/C67H78N14O26/c1-4-9-44-55(107-44)66(104)77-43(27-82)61(99)80-51-29(3)106-67(105)42(20-32-25-70-37-13-8-6-11-35(32)37)76-62(100)50(28(2)18-46(85)86)79-65(103)53(54(93)56(68)94)78-45(84)26-71-57(95)39(21-47(87)88)75-64(102)52(30-14-16-33(83)17-15-30)81-60(98)41(23-49(91)92)73-59(97)40(22-48(89)90)72-58(96)38(74-63(51)101)19-31-24-69-36-12-7-5-10-34(31)36/h5-8,10-17,20,24-25,28-29,38-41,43-44,50-55,69-70,82-83,93H,4,9,18-19,21-23,26-27H2,1-3H3,(H2,68,94)(H,71,95)(H,72,96)(H,73,97)(H,74,101)(H,75,102)(H,76,100)(H,77,104)(H,78,84)(H,79,103)(H,80,99)(H,81,98)(H,85,86)(H,87,88)(H,89,90)(H,91,92)/b42-20+/t28-,29?,38?,39+,40+,41?,43+,44?,50?,51?,52-,53-,54+,55?/m1/s1. The molecule has 0 saturated carbocycles. The Morgan fingerprint density at radius 2 is 1.19 bits per heavy atom. The van der Waals surface area contributed by atoms with Crippen LogP contribution in [-0.4, -0.2) is 232 Å². The van der Waals surface area contributed by atoms with Gasteiger partial charge < -0.3 is 119 Å². The zero-order valence-electron chi connectivity index (χ0n) is 57.1. The Kier molecular flexibility index (Phi) is 28.2. The summed E-state index contributed by atoms with van der Waals surface area (Å²) in [6.45, 7) is 1.38. The molecule has 7 rings (SSSR count). The van der Waals surface area contributed by atoms with Crippen LogP contribution in [0.15, 0.2) is 90.9 Å². The molecule has 2 aromatic heterocycles. The average molecular weight is 1500 g/mol. The summed E-state index contributed by atoms with van der Waals surface area (Å²) in [6.07, 6.45) is -7.46. The van der Waals surface area contributed by atoms with Crippen LogP contribution in [0.1, 0.15) is 82.0 Å². The Morgan fingerprint density at radius 1 is 0.636 bits per heavy atom. The van der Waals surface area contributed by atoms with E-state index in [1.54, 1.807) is 55.5 Å². The van der Waals surface area contributed by atoms with Crippen LogP contribution in [0.2, 0.25) is 0 Å². The van der Waals surface area contributed by atoms with Crippen LogP contribution in [0.3, 0.4) is 0 Å². The van der Waals surface area contributed by atoms with Crippen LogP contribution < -0.4 is 64.2 Å². The second kappa shape index (κ2) is 37.0. The van der Waals surface area contributed by atoms with E-state index in [-0.39, 0.29) is 16.7 Å². The first-order valence-corrected chi connectivity index (χ1v) is 32.9. The molecule has 0 spiro atoms. The molecule has 12 amide bonds. The number of hydrogen-bond donors (Lipinski definition) is 21. The number of primary amides is 1. The normalized spacial score (nSPS) is 24.1. The lowest BCUT2D eigenvalue weighted by molar-refractivity contribution is -0.150. The lowest BCUT2D eigenvalue weighted by Crippen LogP contribution is -2.62. The smallest absolute Gasteiger partial charge is 0.355 e. The topological polar surface area (TPSA) is 643 Å². The molecular formula is C67H78N14O26. The number of aromatic hydroxyl groups is 1. The van der Waals surface area contributed by atoms with E-state index in [1.807, 2.05) is 21.3 Å². The molecule has 5 aromatic rings. The van der Waals surface area contributed by atoms with Gasteiger partial charge in [0.15, 0.2) is 12.2 Å². The van der Waals surface area contributed by atoms with E-state index in [0.717, 1.165) is 44.2 Å². The first-order chi connectivity index (χ1) is 50.7. The number of benzene rings is 3. The monoisotopic (exact) mass is 1490 g/mol. The number of nitrogens with two attached hydrogens (primary N) is 1. The number of carboxylic acids is 4. The summed E-state index contributed by atoms with van der Waals surface area (Å²) in [5, 5.41) is 96.2. The number of hydrogen-bond acceptors (Lipinski definition) is 22. The van der Waals surface area contributed by atoms with Crippen LogP contribution in [0.4, 0.5) is 0 Å². The van der Waals surface area contributed by atoms with E-state index in [9.17, 15) is 103 Å². The van der Waals surface area contributed by atoms with E-state index in [0.29, 0.717) is 34.6 Å². The van der Waals surface area contributed by atoms with Crippen molar-refractivity contribution < 1.29 is 127 Å². The van der Waals surface area contributed by atoms with Crippen molar-refractivity contribution in [2.45, 2.75) is 145 Å². The Morgan fingerprint density at radius 3 is 1.78 bits per heavy atom. The van der Waals surface area contributed by atoms with Crippen LogP contribution in [0, 0.1) is 5.92 Å². The van der Waals surface area contributed by atoms with Crippen LogP contribution in [0.5, 0.6) is 5.75 Å². The van der Waals surface area contributed by atoms with Gasteiger partial charge in [0.25, 0.3) is 5.91 Å². The highest BCUT2D eigenvalue weighted by molar-refractivity contribution is 6.05. The molecule has 572 valence electrons. The van der Waals surface area contributed by atoms with Crippen molar-refractivity contribution in [3.05, 3.63) is 108 Å². The molecule has 4 heterocycles. The number of aliphatic hydroxyl groups is 2. The number of phenolic OH excluding ortho intramolecular Hbond substituents is 1. The molecule has 3 aromatic carbocycles. The highest BCUT2D eigenvalue weighted by Gasteiger charge is 2.46. The summed E-state index contributed by atoms with van der Waals surface area (Å²) in [5.74, 6) is -28.5. The van der Waals surface area contributed by atoms with Crippen molar-refractivity contribution in [3.8, 4) is 5.75 Å². The van der Waals surface area contributed by atoms with E-state index < -0.39 is 242 Å². The van der Waals surface area contributed by atoms with Gasteiger partial charge in [-0.2, -0.15) is 0 Å². The fourth-order valence-corrected chi connectivity index (χ4v) is 11.2. The number of nitrogens with one attached hydrogen (secondary N) is 13. The Hall–Kier alpha value is -12.9. The highest BCUT2D eigenvalue weighted by Crippen LogP contribution is 2.28. The molecule has 22 N–H and O–H groups in total. The summed E-state index contributed by atoms with van der Waals surface area (Å²) in [4.78, 5) is 241. The molecule has 2 aliphatic rings. The molecule has 0 radical (unpaired) electrons. The van der Waals surface area contributed by atoms with Crippen molar-refractivity contribution in [1.82, 2.24) is 68.5 Å². The maximum atomic E-state index is 15.3. The number of ether oxygens (including phenoxy) is 2. The van der Waals surface area contributed by atoms with Gasteiger partial charge in [-0.3, -0.25) is 76.7 Å². The number of phenols is 1. The number of fused-ring (bicyclic) bond motifs is 2. The minimum Gasteiger partial charge on any atom is -0.508 e. The van der Waals surface area contributed by atoms with E-state index in [1.165, 1.54) is 12.4 Å². The number of carbonyl (C=O) groups excluding carboxylic acids is 13. The molecule has 40 heteroatoms. The fourth-order valence-electron chi connectivity index (χ4n) is 11.2. The van der Waals surface area contributed by atoms with Gasteiger partial charge in [0.05, 0.1) is 44.9 Å². The number of epoxide rings is 1. The average Bonchev–Trinajstić information content (AvgIpc) is 1.78. The number of H-pyrrole nitrogens is 2. The number of rotatable bonds is 22. The van der Waals surface area contributed by atoms with Gasteiger partial charge in [-0.15, -0.1) is 0 Å². The van der Waals surface area contributed by atoms with Crippen molar-refractivity contribution in [3.63, 3.8) is 0 Å². The quantitative estimate of drug-likeness (QED) is 0.0175. The van der Waals surface area contributed by atoms with Gasteiger partial charge in [-0.25, -0.2) is 4.79 Å². The van der Waals surface area contributed by atoms with Crippen molar-refractivity contribution in [2.24, 2.45) is 11.7 Å². The third-order valence-corrected chi connectivity index (χ3v) is 16.8. The first-order valence-electron chi connectivity index (χ1n) is 32.9.